The first kappa shape index (κ1) is 7.80. The number of alkyl halides is 1. The van der Waals surface area contributed by atoms with E-state index < -0.39 is 0 Å². The number of nitrogens with zero attached hydrogens (tertiary/aromatic N) is 3. The monoisotopic (exact) mass is 183 g/mol. The van der Waals surface area contributed by atoms with Crippen molar-refractivity contribution in [2.75, 3.05) is 18.0 Å². The number of anilines is 1. The minimum atomic E-state index is 0.270. The molecule has 0 radical (unpaired) electrons. The molecule has 1 aliphatic heterocycles. The third-order valence-electron chi connectivity index (χ3n) is 2.00. The second kappa shape index (κ2) is 3.27. The summed E-state index contributed by atoms with van der Waals surface area (Å²) in [6.45, 7) is 1.88. The molecular weight excluding hydrogens is 174 g/mol. The summed E-state index contributed by atoms with van der Waals surface area (Å²) in [5.74, 6) is 0.931. The lowest BCUT2D eigenvalue weighted by Gasteiger charge is -2.14. The molecule has 0 amide bonds. The van der Waals surface area contributed by atoms with Gasteiger partial charge in [0.05, 0.1) is 11.6 Å². The lowest BCUT2D eigenvalue weighted by atomic mass is 10.4. The second-order valence-electron chi connectivity index (χ2n) is 2.90. The molecule has 0 N–H and O–H groups in total. The van der Waals surface area contributed by atoms with Gasteiger partial charge >= 0.3 is 0 Å². The molecule has 1 saturated heterocycles. The van der Waals surface area contributed by atoms with Gasteiger partial charge in [-0.15, -0.1) is 11.6 Å². The summed E-state index contributed by atoms with van der Waals surface area (Å²) in [5.41, 5.74) is 0. The SMILES string of the molecule is ClC1CCN(c2cnccn2)C1. The molecule has 2 rings (SSSR count). The molecular formula is C8H10ClN3. The van der Waals surface area contributed by atoms with Gasteiger partial charge in [0.25, 0.3) is 0 Å². The van der Waals surface area contributed by atoms with Crippen LogP contribution in [-0.4, -0.2) is 28.4 Å². The molecule has 3 nitrogen and oxygen atoms in total. The zero-order valence-electron chi connectivity index (χ0n) is 6.65. The van der Waals surface area contributed by atoms with Crippen LogP contribution in [0.5, 0.6) is 0 Å². The fraction of sp³-hybridized carbons (Fsp3) is 0.500. The predicted octanol–water partition coefficient (Wildman–Crippen LogP) is 1.29. The standard InChI is InChI=1S/C8H10ClN3/c9-7-1-4-12(6-7)8-5-10-2-3-11-8/h2-3,5,7H,1,4,6H2. The summed E-state index contributed by atoms with van der Waals surface area (Å²) in [7, 11) is 0. The third kappa shape index (κ3) is 1.50. The molecule has 0 aliphatic carbocycles. The Morgan fingerprint density at radius 1 is 1.50 bits per heavy atom. The van der Waals surface area contributed by atoms with E-state index in [-0.39, 0.29) is 5.38 Å². The zero-order valence-corrected chi connectivity index (χ0v) is 7.41. The Kier molecular flexibility index (Phi) is 2.13. The van der Waals surface area contributed by atoms with Crippen LogP contribution < -0.4 is 4.90 Å². The normalized spacial score (nSPS) is 23.1. The number of hydrogen-bond acceptors (Lipinski definition) is 3. The van der Waals surface area contributed by atoms with E-state index in [0.29, 0.717) is 0 Å². The van der Waals surface area contributed by atoms with Crippen LogP contribution >= 0.6 is 11.6 Å². The highest BCUT2D eigenvalue weighted by Gasteiger charge is 2.20. The van der Waals surface area contributed by atoms with Crippen LogP contribution in [0.3, 0.4) is 0 Å². The summed E-state index contributed by atoms with van der Waals surface area (Å²) in [6, 6.07) is 0. The van der Waals surface area contributed by atoms with Gasteiger partial charge in [-0.1, -0.05) is 0 Å². The Bertz CT molecular complexity index is 252. The Morgan fingerprint density at radius 3 is 3.00 bits per heavy atom. The molecule has 1 atom stereocenters. The van der Waals surface area contributed by atoms with E-state index in [1.165, 1.54) is 0 Å². The van der Waals surface area contributed by atoms with Crippen LogP contribution in [-0.2, 0) is 0 Å². The van der Waals surface area contributed by atoms with Crippen LogP contribution in [0.15, 0.2) is 18.6 Å². The first-order chi connectivity index (χ1) is 5.86. The fourth-order valence-electron chi connectivity index (χ4n) is 1.38. The van der Waals surface area contributed by atoms with Crippen molar-refractivity contribution < 1.29 is 0 Å². The summed E-state index contributed by atoms with van der Waals surface area (Å²) in [6.07, 6.45) is 6.20. The molecule has 1 aromatic heterocycles. The Hall–Kier alpha value is -0.830. The molecule has 0 saturated carbocycles. The molecule has 1 aliphatic rings. The fourth-order valence-corrected chi connectivity index (χ4v) is 1.64. The molecule has 1 unspecified atom stereocenters. The van der Waals surface area contributed by atoms with Gasteiger partial charge in [-0.3, -0.25) is 4.98 Å². The van der Waals surface area contributed by atoms with Crippen molar-refractivity contribution in [2.45, 2.75) is 11.8 Å². The Labute approximate surface area is 76.4 Å². The molecule has 2 heterocycles. The number of rotatable bonds is 1. The number of halogens is 1. The molecule has 1 fully saturated rings. The van der Waals surface area contributed by atoms with Gasteiger partial charge in [-0.25, -0.2) is 4.98 Å². The maximum Gasteiger partial charge on any atom is 0.147 e. The van der Waals surface area contributed by atoms with Crippen molar-refractivity contribution >= 4 is 17.4 Å². The average molecular weight is 184 g/mol. The molecule has 12 heavy (non-hydrogen) atoms. The topological polar surface area (TPSA) is 29.0 Å². The maximum absolute atomic E-state index is 5.97. The van der Waals surface area contributed by atoms with Gasteiger partial charge in [0.2, 0.25) is 0 Å². The second-order valence-corrected chi connectivity index (χ2v) is 3.51. The number of aromatic nitrogens is 2. The van der Waals surface area contributed by atoms with Crippen molar-refractivity contribution in [3.63, 3.8) is 0 Å². The lowest BCUT2D eigenvalue weighted by Crippen LogP contribution is -2.20. The van der Waals surface area contributed by atoms with Crippen molar-refractivity contribution in [1.29, 1.82) is 0 Å². The highest BCUT2D eigenvalue weighted by Crippen LogP contribution is 2.19. The van der Waals surface area contributed by atoms with E-state index in [2.05, 4.69) is 14.9 Å². The quantitative estimate of drug-likeness (QED) is 0.615. The van der Waals surface area contributed by atoms with E-state index >= 15 is 0 Å². The molecule has 0 spiro atoms. The summed E-state index contributed by atoms with van der Waals surface area (Å²) in [4.78, 5) is 10.4. The van der Waals surface area contributed by atoms with Gasteiger partial charge in [0.15, 0.2) is 0 Å². The van der Waals surface area contributed by atoms with Gasteiger partial charge in [0, 0.05) is 25.5 Å². The largest absolute Gasteiger partial charge is 0.354 e. The highest BCUT2D eigenvalue weighted by atomic mass is 35.5. The van der Waals surface area contributed by atoms with E-state index in [9.17, 15) is 0 Å². The van der Waals surface area contributed by atoms with E-state index in [4.69, 9.17) is 11.6 Å². The maximum atomic E-state index is 5.97. The van der Waals surface area contributed by atoms with Gasteiger partial charge in [0.1, 0.15) is 5.82 Å². The Morgan fingerprint density at radius 2 is 2.42 bits per heavy atom. The summed E-state index contributed by atoms with van der Waals surface area (Å²) in [5, 5.41) is 0.270. The van der Waals surface area contributed by atoms with Gasteiger partial charge in [-0.2, -0.15) is 0 Å². The van der Waals surface area contributed by atoms with Crippen LogP contribution in [0.25, 0.3) is 0 Å². The van der Waals surface area contributed by atoms with E-state index in [1.807, 2.05) is 0 Å². The van der Waals surface area contributed by atoms with E-state index in [0.717, 1.165) is 25.3 Å². The summed E-state index contributed by atoms with van der Waals surface area (Å²) < 4.78 is 0. The third-order valence-corrected chi connectivity index (χ3v) is 2.36. The lowest BCUT2D eigenvalue weighted by molar-refractivity contribution is 0.927. The van der Waals surface area contributed by atoms with Crippen LogP contribution in [0, 0.1) is 0 Å². The first-order valence-electron chi connectivity index (χ1n) is 4.01. The van der Waals surface area contributed by atoms with Crippen molar-refractivity contribution in [3.05, 3.63) is 18.6 Å². The predicted molar refractivity (Wildman–Crippen MR) is 48.5 cm³/mol. The highest BCUT2D eigenvalue weighted by molar-refractivity contribution is 6.21. The van der Waals surface area contributed by atoms with Crippen molar-refractivity contribution in [3.8, 4) is 0 Å². The smallest absolute Gasteiger partial charge is 0.147 e. The minimum absolute atomic E-state index is 0.270. The average Bonchev–Trinajstić information content (AvgIpc) is 2.54. The number of hydrogen-bond donors (Lipinski definition) is 0. The van der Waals surface area contributed by atoms with Gasteiger partial charge < -0.3 is 4.90 Å². The minimum Gasteiger partial charge on any atom is -0.354 e. The zero-order chi connectivity index (χ0) is 8.39. The first-order valence-corrected chi connectivity index (χ1v) is 4.45. The van der Waals surface area contributed by atoms with E-state index in [1.54, 1.807) is 18.6 Å². The summed E-state index contributed by atoms with van der Waals surface area (Å²) >= 11 is 5.97. The molecule has 64 valence electrons. The van der Waals surface area contributed by atoms with Crippen LogP contribution in [0.4, 0.5) is 5.82 Å². The van der Waals surface area contributed by atoms with Crippen LogP contribution in [0.1, 0.15) is 6.42 Å². The molecule has 0 aromatic carbocycles. The van der Waals surface area contributed by atoms with Crippen molar-refractivity contribution in [2.24, 2.45) is 0 Å². The Balaban J connectivity index is 2.11. The molecule has 4 heteroatoms. The van der Waals surface area contributed by atoms with Crippen LogP contribution in [0.2, 0.25) is 0 Å². The van der Waals surface area contributed by atoms with Gasteiger partial charge in [-0.05, 0) is 6.42 Å². The van der Waals surface area contributed by atoms with Crippen molar-refractivity contribution in [1.82, 2.24) is 9.97 Å². The molecule has 0 bridgehead atoms. The molecule has 1 aromatic rings.